The number of nitrogens with one attached hydrogen (secondary N) is 1. The Balaban J connectivity index is 2.73. The van der Waals surface area contributed by atoms with Crippen LogP contribution in [0.15, 0.2) is 24.3 Å². The molecule has 1 rings (SSSR count). The van der Waals surface area contributed by atoms with Gasteiger partial charge >= 0.3 is 0 Å². The first kappa shape index (κ1) is 11.7. The summed E-state index contributed by atoms with van der Waals surface area (Å²) in [6.07, 6.45) is 0.778. The van der Waals surface area contributed by atoms with Crippen LogP contribution in [0.2, 0.25) is 0 Å². The van der Waals surface area contributed by atoms with Gasteiger partial charge in [-0.1, -0.05) is 11.8 Å². The molecule has 0 fully saturated rings. The highest BCUT2D eigenvalue weighted by atomic mass is 32.1. The van der Waals surface area contributed by atoms with E-state index in [-0.39, 0.29) is 5.91 Å². The van der Waals surface area contributed by atoms with E-state index in [0.717, 1.165) is 17.7 Å². The topological polar surface area (TPSA) is 29.1 Å². The number of amides is 1. The molecule has 1 N–H and O–H groups in total. The fourth-order valence-corrected chi connectivity index (χ4v) is 1.18. The number of carbonyl (C=O) groups is 1. The number of thiol groups is 1. The van der Waals surface area contributed by atoms with E-state index in [2.05, 4.69) is 29.8 Å². The maximum Gasteiger partial charge on any atom is 0.251 e. The molecule has 15 heavy (non-hydrogen) atoms. The lowest BCUT2D eigenvalue weighted by atomic mass is 10.1. The summed E-state index contributed by atoms with van der Waals surface area (Å²) >= 11 is 4.07. The average molecular weight is 219 g/mol. The molecular weight excluding hydrogens is 206 g/mol. The first-order valence-electron chi connectivity index (χ1n) is 4.70. The van der Waals surface area contributed by atoms with Gasteiger partial charge in [-0.15, -0.1) is 0 Å². The molecule has 0 saturated heterocycles. The minimum Gasteiger partial charge on any atom is -0.355 e. The second-order valence-electron chi connectivity index (χ2n) is 2.93. The van der Waals surface area contributed by atoms with Crippen molar-refractivity contribution < 1.29 is 4.79 Å². The molecule has 1 amide bonds. The molecular formula is C12H13NOS. The second kappa shape index (κ2) is 6.15. The van der Waals surface area contributed by atoms with Crippen molar-refractivity contribution in [2.24, 2.45) is 0 Å². The highest BCUT2D eigenvalue weighted by Gasteiger charge is 2.00. The van der Waals surface area contributed by atoms with Gasteiger partial charge in [0.15, 0.2) is 0 Å². The summed E-state index contributed by atoms with van der Waals surface area (Å²) in [5, 5.41) is 2.57. The Hall–Kier alpha value is -1.40. The lowest BCUT2D eigenvalue weighted by Gasteiger charge is -1.98. The zero-order chi connectivity index (χ0) is 11.1. The largest absolute Gasteiger partial charge is 0.355 e. The molecule has 3 heteroatoms. The van der Waals surface area contributed by atoms with Gasteiger partial charge in [0.05, 0.1) is 0 Å². The lowest BCUT2D eigenvalue weighted by Crippen LogP contribution is -2.17. The van der Waals surface area contributed by atoms with Crippen LogP contribution >= 0.6 is 12.6 Å². The molecule has 1 aromatic rings. The van der Waals surface area contributed by atoms with Gasteiger partial charge in [-0.05, 0) is 24.3 Å². The Morgan fingerprint density at radius 3 is 2.60 bits per heavy atom. The molecule has 0 aromatic heterocycles. The molecule has 0 aliphatic carbocycles. The Labute approximate surface area is 95.5 Å². The molecule has 1 aromatic carbocycles. The number of rotatable bonds is 2. The van der Waals surface area contributed by atoms with E-state index in [1.165, 1.54) is 0 Å². The van der Waals surface area contributed by atoms with Crippen molar-refractivity contribution in [3.8, 4) is 11.8 Å². The van der Waals surface area contributed by atoms with E-state index in [4.69, 9.17) is 0 Å². The average Bonchev–Trinajstić information content (AvgIpc) is 2.29. The van der Waals surface area contributed by atoms with Gasteiger partial charge in [-0.25, -0.2) is 0 Å². The van der Waals surface area contributed by atoms with Crippen molar-refractivity contribution in [2.75, 3.05) is 12.8 Å². The summed E-state index contributed by atoms with van der Waals surface area (Å²) in [4.78, 5) is 11.2. The van der Waals surface area contributed by atoms with Crippen molar-refractivity contribution in [3.63, 3.8) is 0 Å². The fraction of sp³-hybridized carbons (Fsp3) is 0.250. The Morgan fingerprint density at radius 2 is 2.07 bits per heavy atom. The standard InChI is InChI=1S/C12H13NOS/c1-13-12(14)11-7-5-10(6-8-11)4-2-3-9-15/h5-8,15H,3,9H2,1H3,(H,13,14). The minimum absolute atomic E-state index is 0.0788. The van der Waals surface area contributed by atoms with Crippen LogP contribution in [-0.2, 0) is 0 Å². The van der Waals surface area contributed by atoms with Crippen LogP contribution in [0.4, 0.5) is 0 Å². The molecule has 0 bridgehead atoms. The van der Waals surface area contributed by atoms with Gasteiger partial charge in [0.2, 0.25) is 0 Å². The highest BCUT2D eigenvalue weighted by molar-refractivity contribution is 7.80. The number of benzene rings is 1. The zero-order valence-corrected chi connectivity index (χ0v) is 9.47. The van der Waals surface area contributed by atoms with Crippen molar-refractivity contribution in [2.45, 2.75) is 6.42 Å². The van der Waals surface area contributed by atoms with Crippen molar-refractivity contribution in [1.29, 1.82) is 0 Å². The van der Waals surface area contributed by atoms with Crippen LogP contribution in [0.25, 0.3) is 0 Å². The Bertz CT molecular complexity index is 386. The third kappa shape index (κ3) is 3.69. The van der Waals surface area contributed by atoms with Crippen LogP contribution in [0.5, 0.6) is 0 Å². The van der Waals surface area contributed by atoms with Crippen molar-refractivity contribution >= 4 is 18.5 Å². The number of hydrogen-bond donors (Lipinski definition) is 2. The van der Waals surface area contributed by atoms with E-state index in [0.29, 0.717) is 5.56 Å². The van der Waals surface area contributed by atoms with E-state index < -0.39 is 0 Å². The summed E-state index contributed by atoms with van der Waals surface area (Å²) < 4.78 is 0. The summed E-state index contributed by atoms with van der Waals surface area (Å²) in [5.74, 6) is 6.67. The molecule has 0 saturated carbocycles. The van der Waals surface area contributed by atoms with E-state index in [1.54, 1.807) is 19.2 Å². The summed E-state index contributed by atoms with van der Waals surface area (Å²) in [5.41, 5.74) is 1.57. The van der Waals surface area contributed by atoms with Crippen molar-refractivity contribution in [3.05, 3.63) is 35.4 Å². The molecule has 2 nitrogen and oxygen atoms in total. The monoisotopic (exact) mass is 219 g/mol. The molecule has 78 valence electrons. The Kier molecular flexibility index (Phi) is 4.79. The molecule has 0 heterocycles. The molecule has 0 unspecified atom stereocenters. The van der Waals surface area contributed by atoms with Crippen LogP contribution < -0.4 is 5.32 Å². The van der Waals surface area contributed by atoms with Crippen LogP contribution in [0.3, 0.4) is 0 Å². The second-order valence-corrected chi connectivity index (χ2v) is 3.38. The molecule has 0 atom stereocenters. The van der Waals surface area contributed by atoms with E-state index in [9.17, 15) is 4.79 Å². The molecule has 0 spiro atoms. The summed E-state index contributed by atoms with van der Waals surface area (Å²) in [6, 6.07) is 7.22. The normalized spacial score (nSPS) is 8.93. The first-order valence-corrected chi connectivity index (χ1v) is 5.33. The highest BCUT2D eigenvalue weighted by Crippen LogP contribution is 2.03. The molecule has 0 radical (unpaired) electrons. The third-order valence-electron chi connectivity index (χ3n) is 1.84. The predicted molar refractivity (Wildman–Crippen MR) is 65.2 cm³/mol. The number of carbonyl (C=O) groups excluding carboxylic acids is 1. The minimum atomic E-state index is -0.0788. The van der Waals surface area contributed by atoms with Gasteiger partial charge in [-0.3, -0.25) is 4.79 Å². The van der Waals surface area contributed by atoms with Gasteiger partial charge in [-0.2, -0.15) is 12.6 Å². The van der Waals surface area contributed by atoms with Crippen LogP contribution in [-0.4, -0.2) is 18.7 Å². The maximum atomic E-state index is 11.2. The lowest BCUT2D eigenvalue weighted by molar-refractivity contribution is 0.0963. The van der Waals surface area contributed by atoms with Crippen LogP contribution in [0, 0.1) is 11.8 Å². The fourth-order valence-electron chi connectivity index (χ4n) is 1.07. The SMILES string of the molecule is CNC(=O)c1ccc(C#CCCS)cc1. The quantitative estimate of drug-likeness (QED) is 0.575. The van der Waals surface area contributed by atoms with Gasteiger partial charge in [0.25, 0.3) is 5.91 Å². The van der Waals surface area contributed by atoms with Crippen LogP contribution in [0.1, 0.15) is 22.3 Å². The van der Waals surface area contributed by atoms with E-state index in [1.807, 2.05) is 12.1 Å². The zero-order valence-electron chi connectivity index (χ0n) is 8.58. The summed E-state index contributed by atoms with van der Waals surface area (Å²) in [7, 11) is 1.61. The Morgan fingerprint density at radius 1 is 1.40 bits per heavy atom. The smallest absolute Gasteiger partial charge is 0.251 e. The van der Waals surface area contributed by atoms with E-state index >= 15 is 0 Å². The first-order chi connectivity index (χ1) is 7.27. The van der Waals surface area contributed by atoms with Gasteiger partial charge in [0, 0.05) is 30.3 Å². The number of hydrogen-bond acceptors (Lipinski definition) is 2. The maximum absolute atomic E-state index is 11.2. The third-order valence-corrected chi connectivity index (χ3v) is 2.07. The van der Waals surface area contributed by atoms with Gasteiger partial charge < -0.3 is 5.32 Å². The van der Waals surface area contributed by atoms with Crippen molar-refractivity contribution in [1.82, 2.24) is 5.32 Å². The summed E-state index contributed by atoms with van der Waals surface area (Å²) in [6.45, 7) is 0. The molecule has 0 aliphatic rings. The predicted octanol–water partition coefficient (Wildman–Crippen LogP) is 1.72. The molecule has 0 aliphatic heterocycles. The van der Waals surface area contributed by atoms with Gasteiger partial charge in [0.1, 0.15) is 0 Å².